The molecule has 1 aromatic heterocycles. The van der Waals surface area contributed by atoms with Crippen molar-refractivity contribution in [2.45, 2.75) is 38.1 Å². The lowest BCUT2D eigenvalue weighted by molar-refractivity contribution is 0.142. The first-order valence-corrected chi connectivity index (χ1v) is 10.2. The summed E-state index contributed by atoms with van der Waals surface area (Å²) >= 11 is 1.48. The summed E-state index contributed by atoms with van der Waals surface area (Å²) in [6.07, 6.45) is 3.59. The molecule has 2 fully saturated rings. The number of hydrogen-bond donors (Lipinski definition) is 1. The minimum Gasteiger partial charge on any atom is -0.322 e. The number of rotatable bonds is 5. The van der Waals surface area contributed by atoms with Crippen molar-refractivity contribution in [2.24, 2.45) is 0 Å². The summed E-state index contributed by atoms with van der Waals surface area (Å²) in [7, 11) is 0. The van der Waals surface area contributed by atoms with Gasteiger partial charge in [0.25, 0.3) is 0 Å². The molecular formula is C19H25N5OS. The first-order valence-electron chi connectivity index (χ1n) is 9.43. The van der Waals surface area contributed by atoms with Crippen molar-refractivity contribution < 1.29 is 4.79 Å². The molecular weight excluding hydrogens is 346 g/mol. The van der Waals surface area contributed by atoms with Gasteiger partial charge in [-0.3, -0.25) is 10.2 Å². The van der Waals surface area contributed by atoms with Crippen LogP contribution in [0.4, 0.5) is 9.93 Å². The van der Waals surface area contributed by atoms with Crippen molar-refractivity contribution in [3.8, 4) is 0 Å². The van der Waals surface area contributed by atoms with Gasteiger partial charge in [-0.25, -0.2) is 4.79 Å². The molecule has 0 radical (unpaired) electrons. The summed E-state index contributed by atoms with van der Waals surface area (Å²) in [5.41, 5.74) is 1.24. The Hall–Kier alpha value is -1.99. The van der Waals surface area contributed by atoms with E-state index in [1.165, 1.54) is 29.7 Å². The van der Waals surface area contributed by atoms with Crippen LogP contribution in [-0.2, 0) is 0 Å². The standard InChI is InChI=1S/C19H25N5OS/c1-2-16(14-6-4-3-5-7-14)17-21-22-18(26-17)20-19(25)24-12-10-23(11-13-24)15-8-9-15/h3-7,15-16H,2,8-13H2,1H3,(H,20,22,25). The number of nitrogens with zero attached hydrogens (tertiary/aromatic N) is 4. The molecule has 4 rings (SSSR count). The fourth-order valence-electron chi connectivity index (χ4n) is 3.56. The highest BCUT2D eigenvalue weighted by atomic mass is 32.1. The molecule has 1 N–H and O–H groups in total. The largest absolute Gasteiger partial charge is 0.323 e. The Morgan fingerprint density at radius 3 is 2.58 bits per heavy atom. The first kappa shape index (κ1) is 17.4. The van der Waals surface area contributed by atoms with Crippen LogP contribution in [-0.4, -0.2) is 58.2 Å². The van der Waals surface area contributed by atoms with Crippen LogP contribution in [0.25, 0.3) is 0 Å². The molecule has 2 aromatic rings. The van der Waals surface area contributed by atoms with Crippen LogP contribution in [0.2, 0.25) is 0 Å². The Balaban J connectivity index is 1.36. The first-order chi connectivity index (χ1) is 12.7. The topological polar surface area (TPSA) is 61.4 Å². The smallest absolute Gasteiger partial charge is 0.322 e. The predicted octanol–water partition coefficient (Wildman–Crippen LogP) is 3.39. The van der Waals surface area contributed by atoms with Crippen LogP contribution in [0.3, 0.4) is 0 Å². The molecule has 0 bridgehead atoms. The molecule has 2 aliphatic rings. The molecule has 2 heterocycles. The van der Waals surface area contributed by atoms with Crippen molar-refractivity contribution >= 4 is 22.5 Å². The quantitative estimate of drug-likeness (QED) is 0.875. The minimum absolute atomic E-state index is 0.0593. The molecule has 0 spiro atoms. The van der Waals surface area contributed by atoms with E-state index in [1.807, 2.05) is 23.1 Å². The Kier molecular flexibility index (Phi) is 5.17. The van der Waals surface area contributed by atoms with Crippen molar-refractivity contribution in [3.05, 3.63) is 40.9 Å². The van der Waals surface area contributed by atoms with E-state index in [-0.39, 0.29) is 11.9 Å². The molecule has 1 saturated carbocycles. The lowest BCUT2D eigenvalue weighted by atomic mass is 9.97. The van der Waals surface area contributed by atoms with E-state index in [4.69, 9.17) is 0 Å². The molecule has 1 aromatic carbocycles. The van der Waals surface area contributed by atoms with E-state index in [0.29, 0.717) is 5.13 Å². The van der Waals surface area contributed by atoms with Crippen LogP contribution in [0.15, 0.2) is 30.3 Å². The lowest BCUT2D eigenvalue weighted by Gasteiger charge is -2.34. The second kappa shape index (κ2) is 7.72. The highest BCUT2D eigenvalue weighted by molar-refractivity contribution is 7.15. The average molecular weight is 372 g/mol. The van der Waals surface area contributed by atoms with Gasteiger partial charge in [0.15, 0.2) is 0 Å². The molecule has 138 valence electrons. The number of amides is 2. The zero-order valence-corrected chi connectivity index (χ0v) is 15.9. The van der Waals surface area contributed by atoms with E-state index >= 15 is 0 Å². The highest BCUT2D eigenvalue weighted by Crippen LogP contribution is 2.32. The maximum atomic E-state index is 12.5. The number of nitrogens with one attached hydrogen (secondary N) is 1. The van der Waals surface area contributed by atoms with E-state index in [9.17, 15) is 4.79 Å². The third-order valence-electron chi connectivity index (χ3n) is 5.23. The average Bonchev–Trinajstić information content (AvgIpc) is 3.44. The van der Waals surface area contributed by atoms with Crippen LogP contribution in [0.5, 0.6) is 0 Å². The highest BCUT2D eigenvalue weighted by Gasteiger charge is 2.32. The number of benzene rings is 1. The number of urea groups is 1. The van der Waals surface area contributed by atoms with Gasteiger partial charge in [-0.2, -0.15) is 0 Å². The fourth-order valence-corrected chi connectivity index (χ4v) is 4.51. The number of hydrogen-bond acceptors (Lipinski definition) is 5. The second-order valence-electron chi connectivity index (χ2n) is 7.00. The van der Waals surface area contributed by atoms with Gasteiger partial charge in [0, 0.05) is 38.1 Å². The molecule has 1 aliphatic carbocycles. The molecule has 1 aliphatic heterocycles. The zero-order chi connectivity index (χ0) is 17.9. The van der Waals surface area contributed by atoms with Gasteiger partial charge in [0.1, 0.15) is 5.01 Å². The van der Waals surface area contributed by atoms with Crippen LogP contribution >= 0.6 is 11.3 Å². The van der Waals surface area contributed by atoms with Gasteiger partial charge in [0.05, 0.1) is 0 Å². The molecule has 7 heteroatoms. The summed E-state index contributed by atoms with van der Waals surface area (Å²) in [6.45, 7) is 5.68. The molecule has 26 heavy (non-hydrogen) atoms. The monoisotopic (exact) mass is 371 g/mol. The molecule has 1 atom stereocenters. The summed E-state index contributed by atoms with van der Waals surface area (Å²) in [6, 6.07) is 11.1. The van der Waals surface area contributed by atoms with Gasteiger partial charge in [-0.15, -0.1) is 10.2 Å². The SMILES string of the molecule is CCC(c1ccccc1)c1nnc(NC(=O)N2CCN(C3CC3)CC2)s1. The van der Waals surface area contributed by atoms with Crippen LogP contribution < -0.4 is 5.32 Å². The van der Waals surface area contributed by atoms with Gasteiger partial charge in [-0.1, -0.05) is 48.6 Å². The van der Waals surface area contributed by atoms with E-state index in [2.05, 4.69) is 39.5 Å². The number of aromatic nitrogens is 2. The number of carbonyl (C=O) groups excluding carboxylic acids is 1. The summed E-state index contributed by atoms with van der Waals surface area (Å²) < 4.78 is 0. The lowest BCUT2D eigenvalue weighted by Crippen LogP contribution is -2.50. The van der Waals surface area contributed by atoms with Crippen molar-refractivity contribution in [2.75, 3.05) is 31.5 Å². The third-order valence-corrected chi connectivity index (χ3v) is 6.18. The number of carbonyl (C=O) groups is 1. The third kappa shape index (κ3) is 3.88. The zero-order valence-electron chi connectivity index (χ0n) is 15.1. The van der Waals surface area contributed by atoms with E-state index < -0.39 is 0 Å². The fraction of sp³-hybridized carbons (Fsp3) is 0.526. The number of anilines is 1. The van der Waals surface area contributed by atoms with Crippen molar-refractivity contribution in [3.63, 3.8) is 0 Å². The van der Waals surface area contributed by atoms with Gasteiger partial charge >= 0.3 is 6.03 Å². The van der Waals surface area contributed by atoms with Crippen molar-refractivity contribution in [1.82, 2.24) is 20.0 Å². The summed E-state index contributed by atoms with van der Waals surface area (Å²) in [5.74, 6) is 0.224. The minimum atomic E-state index is -0.0593. The normalized spacial score (nSPS) is 19.3. The maximum absolute atomic E-state index is 12.5. The molecule has 6 nitrogen and oxygen atoms in total. The Labute approximate surface area is 158 Å². The molecule has 1 unspecified atom stereocenters. The molecule has 1 saturated heterocycles. The van der Waals surface area contributed by atoms with Gasteiger partial charge in [0.2, 0.25) is 5.13 Å². The Morgan fingerprint density at radius 2 is 1.92 bits per heavy atom. The summed E-state index contributed by atoms with van der Waals surface area (Å²) in [4.78, 5) is 16.9. The predicted molar refractivity (Wildman–Crippen MR) is 104 cm³/mol. The van der Waals surface area contributed by atoms with Crippen LogP contribution in [0.1, 0.15) is 42.7 Å². The van der Waals surface area contributed by atoms with E-state index in [1.54, 1.807) is 0 Å². The molecule has 2 amide bonds. The van der Waals surface area contributed by atoms with Gasteiger partial charge < -0.3 is 4.90 Å². The van der Waals surface area contributed by atoms with Crippen LogP contribution in [0, 0.1) is 0 Å². The van der Waals surface area contributed by atoms with E-state index in [0.717, 1.165) is 43.6 Å². The maximum Gasteiger partial charge on any atom is 0.323 e. The summed E-state index contributed by atoms with van der Waals surface area (Å²) in [5, 5.41) is 13.0. The second-order valence-corrected chi connectivity index (χ2v) is 8.01. The Morgan fingerprint density at radius 1 is 1.19 bits per heavy atom. The van der Waals surface area contributed by atoms with Gasteiger partial charge in [-0.05, 0) is 24.8 Å². The van der Waals surface area contributed by atoms with Crippen molar-refractivity contribution in [1.29, 1.82) is 0 Å². The number of piperazine rings is 1. The Bertz CT molecular complexity index is 737.